The highest BCUT2D eigenvalue weighted by molar-refractivity contribution is 5.80. The molecule has 2 fully saturated rings. The van der Waals surface area contributed by atoms with Crippen molar-refractivity contribution in [2.45, 2.75) is 12.5 Å². The van der Waals surface area contributed by atoms with Gasteiger partial charge in [-0.3, -0.25) is 10.2 Å². The van der Waals surface area contributed by atoms with Gasteiger partial charge < -0.3 is 10.2 Å². The molecule has 2 heterocycles. The monoisotopic (exact) mass is 350 g/mol. The van der Waals surface area contributed by atoms with E-state index in [0.717, 1.165) is 31.6 Å². The Morgan fingerprint density at radius 1 is 1.08 bits per heavy atom. The van der Waals surface area contributed by atoms with Gasteiger partial charge in [-0.1, -0.05) is 48.5 Å². The molecule has 2 aromatic rings. The zero-order valence-electron chi connectivity index (χ0n) is 14.9. The molecule has 0 saturated carbocycles. The topological polar surface area (TPSA) is 56.4 Å². The molecule has 5 heteroatoms. The van der Waals surface area contributed by atoms with Crippen LogP contribution in [-0.4, -0.2) is 32.1 Å². The quantitative estimate of drug-likeness (QED) is 0.773. The third kappa shape index (κ3) is 3.74. The van der Waals surface area contributed by atoms with Gasteiger partial charge >= 0.3 is 0 Å². The number of nitrogens with one attached hydrogen (secondary N) is 3. The highest BCUT2D eigenvalue weighted by atomic mass is 16.2. The third-order valence-electron chi connectivity index (χ3n) is 5.45. The standard InChI is InChI=1S/C21H26N4O/c26-21(19-14-23-24-20(19)17-7-3-1-4-8-17)22-13-16-11-12-25(15-16)18-9-5-2-6-10-18/h1-10,16,19-20,23-24H,11-15H2,(H,22,26). The Morgan fingerprint density at radius 3 is 2.58 bits per heavy atom. The molecule has 0 bridgehead atoms. The van der Waals surface area contributed by atoms with Crippen LogP contribution in [0.1, 0.15) is 18.0 Å². The fraction of sp³-hybridized carbons (Fsp3) is 0.381. The molecule has 2 aliphatic heterocycles. The Bertz CT molecular complexity index is 721. The first-order valence-electron chi connectivity index (χ1n) is 9.42. The van der Waals surface area contributed by atoms with Crippen molar-refractivity contribution in [1.29, 1.82) is 0 Å². The summed E-state index contributed by atoms with van der Waals surface area (Å²) in [6.07, 6.45) is 1.12. The van der Waals surface area contributed by atoms with Crippen LogP contribution in [0.2, 0.25) is 0 Å². The van der Waals surface area contributed by atoms with Crippen molar-refractivity contribution in [3.05, 3.63) is 66.2 Å². The maximum Gasteiger partial charge on any atom is 0.226 e. The fourth-order valence-corrected chi connectivity index (χ4v) is 3.97. The molecule has 3 unspecified atom stereocenters. The third-order valence-corrected chi connectivity index (χ3v) is 5.45. The van der Waals surface area contributed by atoms with Crippen molar-refractivity contribution >= 4 is 11.6 Å². The zero-order chi connectivity index (χ0) is 17.8. The van der Waals surface area contributed by atoms with Crippen LogP contribution in [0, 0.1) is 11.8 Å². The molecule has 0 aliphatic carbocycles. The van der Waals surface area contributed by atoms with E-state index in [4.69, 9.17) is 0 Å². The number of amides is 1. The van der Waals surface area contributed by atoms with E-state index in [1.165, 1.54) is 5.69 Å². The highest BCUT2D eigenvalue weighted by Gasteiger charge is 2.34. The molecule has 0 aromatic heterocycles. The summed E-state index contributed by atoms with van der Waals surface area (Å²) in [6, 6.07) is 20.7. The van der Waals surface area contributed by atoms with Crippen LogP contribution in [0.3, 0.4) is 0 Å². The lowest BCUT2D eigenvalue weighted by Crippen LogP contribution is -2.38. The SMILES string of the molecule is O=C(NCC1CCN(c2ccccc2)C1)C1CNNC1c1ccccc1. The van der Waals surface area contributed by atoms with Crippen LogP contribution in [0.5, 0.6) is 0 Å². The van der Waals surface area contributed by atoms with Gasteiger partial charge in [0.15, 0.2) is 0 Å². The summed E-state index contributed by atoms with van der Waals surface area (Å²) in [6.45, 7) is 3.48. The molecule has 0 radical (unpaired) electrons. The Kier molecular flexibility index (Phi) is 5.18. The van der Waals surface area contributed by atoms with Gasteiger partial charge in [0, 0.05) is 31.9 Å². The van der Waals surface area contributed by atoms with Crippen LogP contribution >= 0.6 is 0 Å². The number of carbonyl (C=O) groups is 1. The smallest absolute Gasteiger partial charge is 0.226 e. The number of benzene rings is 2. The second-order valence-corrected chi connectivity index (χ2v) is 7.20. The molecule has 1 amide bonds. The van der Waals surface area contributed by atoms with E-state index in [1.807, 2.05) is 24.3 Å². The second-order valence-electron chi connectivity index (χ2n) is 7.20. The molecule has 5 nitrogen and oxygen atoms in total. The lowest BCUT2D eigenvalue weighted by Gasteiger charge is -2.21. The Balaban J connectivity index is 1.30. The molecule has 2 aromatic carbocycles. The number of para-hydroxylation sites is 1. The van der Waals surface area contributed by atoms with Crippen LogP contribution in [0.25, 0.3) is 0 Å². The first-order valence-corrected chi connectivity index (χ1v) is 9.42. The summed E-state index contributed by atoms with van der Waals surface area (Å²) in [7, 11) is 0. The Hall–Kier alpha value is -2.37. The van der Waals surface area contributed by atoms with E-state index in [2.05, 4.69) is 57.5 Å². The normalized spacial score (nSPS) is 25.4. The van der Waals surface area contributed by atoms with Gasteiger partial charge in [-0.25, -0.2) is 5.43 Å². The van der Waals surface area contributed by atoms with Crippen molar-refractivity contribution in [2.75, 3.05) is 31.1 Å². The molecular weight excluding hydrogens is 324 g/mol. The summed E-state index contributed by atoms with van der Waals surface area (Å²) in [4.78, 5) is 15.1. The van der Waals surface area contributed by atoms with E-state index in [1.54, 1.807) is 0 Å². The first kappa shape index (κ1) is 17.1. The van der Waals surface area contributed by atoms with Crippen molar-refractivity contribution in [1.82, 2.24) is 16.2 Å². The number of carbonyl (C=O) groups excluding carboxylic acids is 1. The maximum absolute atomic E-state index is 12.7. The summed E-state index contributed by atoms with van der Waals surface area (Å²) < 4.78 is 0. The first-order chi connectivity index (χ1) is 12.8. The van der Waals surface area contributed by atoms with E-state index in [-0.39, 0.29) is 17.9 Å². The zero-order valence-corrected chi connectivity index (χ0v) is 14.9. The van der Waals surface area contributed by atoms with Crippen LogP contribution in [0.4, 0.5) is 5.69 Å². The number of anilines is 1. The molecule has 0 spiro atoms. The molecule has 4 rings (SSSR count). The number of nitrogens with zero attached hydrogens (tertiary/aromatic N) is 1. The summed E-state index contributed by atoms with van der Waals surface area (Å²) in [5.41, 5.74) is 8.80. The van der Waals surface area contributed by atoms with Gasteiger partial charge in [-0.15, -0.1) is 0 Å². The van der Waals surface area contributed by atoms with Gasteiger partial charge in [0.25, 0.3) is 0 Å². The minimum absolute atomic E-state index is 0.0283. The minimum Gasteiger partial charge on any atom is -0.371 e. The summed E-state index contributed by atoms with van der Waals surface area (Å²) in [5.74, 6) is 0.565. The Labute approximate surface area is 154 Å². The van der Waals surface area contributed by atoms with Gasteiger partial charge in [-0.2, -0.15) is 0 Å². The van der Waals surface area contributed by atoms with Gasteiger partial charge in [0.05, 0.1) is 12.0 Å². The van der Waals surface area contributed by atoms with Crippen LogP contribution in [0.15, 0.2) is 60.7 Å². The Morgan fingerprint density at radius 2 is 1.81 bits per heavy atom. The predicted octanol–water partition coefficient (Wildman–Crippen LogP) is 2.09. The minimum atomic E-state index is -0.0796. The van der Waals surface area contributed by atoms with E-state index >= 15 is 0 Å². The van der Waals surface area contributed by atoms with Crippen molar-refractivity contribution in [3.63, 3.8) is 0 Å². The molecule has 26 heavy (non-hydrogen) atoms. The number of hydrogen-bond acceptors (Lipinski definition) is 4. The lowest BCUT2D eigenvalue weighted by atomic mass is 9.94. The molecule has 2 saturated heterocycles. The molecule has 2 aliphatic rings. The van der Waals surface area contributed by atoms with Crippen molar-refractivity contribution in [2.24, 2.45) is 11.8 Å². The number of hydrogen-bond donors (Lipinski definition) is 3. The average molecular weight is 350 g/mol. The van der Waals surface area contributed by atoms with Gasteiger partial charge in [0.1, 0.15) is 0 Å². The number of hydrazine groups is 1. The van der Waals surface area contributed by atoms with E-state index in [9.17, 15) is 4.79 Å². The number of rotatable bonds is 5. The van der Waals surface area contributed by atoms with Crippen molar-refractivity contribution in [3.8, 4) is 0 Å². The second kappa shape index (κ2) is 7.89. The lowest BCUT2D eigenvalue weighted by molar-refractivity contribution is -0.125. The van der Waals surface area contributed by atoms with Gasteiger partial charge in [-0.05, 0) is 30.0 Å². The molecule has 3 N–H and O–H groups in total. The largest absolute Gasteiger partial charge is 0.371 e. The average Bonchev–Trinajstić information content (AvgIpc) is 3.37. The summed E-state index contributed by atoms with van der Waals surface area (Å²) in [5, 5.41) is 3.19. The molecular formula is C21H26N4O. The summed E-state index contributed by atoms with van der Waals surface area (Å²) >= 11 is 0. The van der Waals surface area contributed by atoms with Crippen LogP contribution < -0.4 is 21.1 Å². The highest BCUT2D eigenvalue weighted by Crippen LogP contribution is 2.26. The van der Waals surface area contributed by atoms with Crippen molar-refractivity contribution < 1.29 is 4.79 Å². The van der Waals surface area contributed by atoms with Crippen LogP contribution in [-0.2, 0) is 4.79 Å². The maximum atomic E-state index is 12.7. The predicted molar refractivity (Wildman–Crippen MR) is 104 cm³/mol. The van der Waals surface area contributed by atoms with Gasteiger partial charge in [0.2, 0.25) is 5.91 Å². The van der Waals surface area contributed by atoms with E-state index in [0.29, 0.717) is 12.5 Å². The molecule has 3 atom stereocenters. The van der Waals surface area contributed by atoms with E-state index < -0.39 is 0 Å². The molecule has 136 valence electrons. The fourth-order valence-electron chi connectivity index (χ4n) is 3.97.